The maximum absolute atomic E-state index is 5.60. The molecule has 0 N–H and O–H groups in total. The van der Waals surface area contributed by atoms with E-state index in [9.17, 15) is 0 Å². The lowest BCUT2D eigenvalue weighted by Gasteiger charge is -2.08. The van der Waals surface area contributed by atoms with Crippen molar-refractivity contribution < 1.29 is 17.7 Å². The quantitative estimate of drug-likeness (QED) is 0.527. The van der Waals surface area contributed by atoms with E-state index in [0.717, 1.165) is 11.1 Å². The fraction of sp³-hybridized carbons (Fsp3) is 0. The van der Waals surface area contributed by atoms with Crippen LogP contribution in [0.1, 0.15) is 23.0 Å². The molecule has 4 heterocycles. The summed E-state index contributed by atoms with van der Waals surface area (Å²) in [4.78, 5) is 0. The molecule has 0 spiro atoms. The summed E-state index contributed by atoms with van der Waals surface area (Å²) >= 11 is 0. The van der Waals surface area contributed by atoms with Crippen LogP contribution in [0.4, 0.5) is 0 Å². The first-order chi connectivity index (χ1) is 10.9. The van der Waals surface area contributed by atoms with Gasteiger partial charge in [0.15, 0.2) is 0 Å². The highest BCUT2D eigenvalue weighted by Crippen LogP contribution is 2.37. The van der Waals surface area contributed by atoms with E-state index in [0.29, 0.717) is 23.0 Å². The SMILES string of the molecule is c1coc(C(=C(c2ccco2)c2ccco2)c2ccco2)c1. The molecular formula is C18H12O4. The van der Waals surface area contributed by atoms with E-state index in [1.165, 1.54) is 0 Å². The Morgan fingerprint density at radius 1 is 0.455 bits per heavy atom. The Morgan fingerprint density at radius 2 is 0.727 bits per heavy atom. The molecule has 0 aliphatic rings. The van der Waals surface area contributed by atoms with Crippen molar-refractivity contribution in [2.24, 2.45) is 0 Å². The van der Waals surface area contributed by atoms with Crippen molar-refractivity contribution in [2.45, 2.75) is 0 Å². The smallest absolute Gasteiger partial charge is 0.138 e. The molecule has 4 rings (SSSR count). The lowest BCUT2D eigenvalue weighted by Crippen LogP contribution is -1.93. The number of furan rings is 4. The first-order valence-electron chi connectivity index (χ1n) is 6.83. The van der Waals surface area contributed by atoms with Gasteiger partial charge in [0.1, 0.15) is 23.0 Å². The molecule has 0 radical (unpaired) electrons. The molecule has 0 aliphatic heterocycles. The molecule has 4 nitrogen and oxygen atoms in total. The van der Waals surface area contributed by atoms with Gasteiger partial charge in [0, 0.05) is 0 Å². The minimum atomic E-state index is 0.678. The predicted molar refractivity (Wildman–Crippen MR) is 79.9 cm³/mol. The fourth-order valence-electron chi connectivity index (χ4n) is 2.42. The van der Waals surface area contributed by atoms with Gasteiger partial charge in [0.25, 0.3) is 0 Å². The third kappa shape index (κ3) is 2.11. The third-order valence-corrected chi connectivity index (χ3v) is 3.32. The van der Waals surface area contributed by atoms with E-state index in [1.54, 1.807) is 25.1 Å². The van der Waals surface area contributed by atoms with Crippen molar-refractivity contribution in [3.8, 4) is 0 Å². The molecular weight excluding hydrogens is 280 g/mol. The normalized spacial score (nSPS) is 10.7. The average Bonchev–Trinajstić information content (AvgIpc) is 3.35. The molecule has 0 unspecified atom stereocenters. The van der Waals surface area contributed by atoms with Gasteiger partial charge in [-0.05, 0) is 48.5 Å². The van der Waals surface area contributed by atoms with Crippen LogP contribution in [0.25, 0.3) is 11.1 Å². The van der Waals surface area contributed by atoms with Gasteiger partial charge in [0.2, 0.25) is 0 Å². The first-order valence-corrected chi connectivity index (χ1v) is 6.83. The fourth-order valence-corrected chi connectivity index (χ4v) is 2.42. The average molecular weight is 292 g/mol. The molecule has 4 heteroatoms. The van der Waals surface area contributed by atoms with Crippen LogP contribution in [0.15, 0.2) is 91.3 Å². The lowest BCUT2D eigenvalue weighted by molar-refractivity contribution is 0.519. The minimum absolute atomic E-state index is 0.678. The van der Waals surface area contributed by atoms with E-state index in [-0.39, 0.29) is 0 Å². The maximum Gasteiger partial charge on any atom is 0.138 e. The van der Waals surface area contributed by atoms with Crippen LogP contribution in [0.5, 0.6) is 0 Å². The van der Waals surface area contributed by atoms with Crippen LogP contribution in [-0.2, 0) is 0 Å². The van der Waals surface area contributed by atoms with Crippen LogP contribution in [0, 0.1) is 0 Å². The second-order valence-corrected chi connectivity index (χ2v) is 4.66. The van der Waals surface area contributed by atoms with Gasteiger partial charge in [0.05, 0.1) is 36.2 Å². The van der Waals surface area contributed by atoms with Crippen LogP contribution in [0.3, 0.4) is 0 Å². The Morgan fingerprint density at radius 3 is 0.909 bits per heavy atom. The zero-order chi connectivity index (χ0) is 14.8. The van der Waals surface area contributed by atoms with Crippen LogP contribution in [0.2, 0.25) is 0 Å². The first kappa shape index (κ1) is 12.6. The van der Waals surface area contributed by atoms with Crippen molar-refractivity contribution >= 4 is 11.1 Å². The van der Waals surface area contributed by atoms with Crippen molar-refractivity contribution in [2.75, 3.05) is 0 Å². The maximum atomic E-state index is 5.60. The number of hydrogen-bond donors (Lipinski definition) is 0. The van der Waals surface area contributed by atoms with Gasteiger partial charge in [-0.1, -0.05) is 0 Å². The molecule has 22 heavy (non-hydrogen) atoms. The summed E-state index contributed by atoms with van der Waals surface area (Å²) in [6.45, 7) is 0. The molecule has 0 fully saturated rings. The number of hydrogen-bond acceptors (Lipinski definition) is 4. The van der Waals surface area contributed by atoms with Gasteiger partial charge in [-0.3, -0.25) is 0 Å². The second-order valence-electron chi connectivity index (χ2n) is 4.66. The Balaban J connectivity index is 2.06. The monoisotopic (exact) mass is 292 g/mol. The second kappa shape index (κ2) is 5.33. The molecule has 108 valence electrons. The third-order valence-electron chi connectivity index (χ3n) is 3.32. The van der Waals surface area contributed by atoms with Gasteiger partial charge < -0.3 is 17.7 Å². The highest BCUT2D eigenvalue weighted by atomic mass is 16.4. The summed E-state index contributed by atoms with van der Waals surface area (Å²) in [6, 6.07) is 14.8. The van der Waals surface area contributed by atoms with Crippen molar-refractivity contribution in [1.29, 1.82) is 0 Å². The molecule has 0 bridgehead atoms. The standard InChI is InChI=1S/C18H12O4/c1-5-13(19-9-1)17(14-6-2-10-20-14)18(15-7-3-11-21-15)16-8-4-12-22-16/h1-12H. The zero-order valence-corrected chi connectivity index (χ0v) is 11.6. The van der Waals surface area contributed by atoms with Crippen molar-refractivity contribution in [3.05, 3.63) is 96.6 Å². The Hall–Kier alpha value is -3.14. The Bertz CT molecular complexity index is 699. The van der Waals surface area contributed by atoms with Gasteiger partial charge >= 0.3 is 0 Å². The largest absolute Gasteiger partial charge is 0.464 e. The summed E-state index contributed by atoms with van der Waals surface area (Å²) < 4.78 is 22.4. The summed E-state index contributed by atoms with van der Waals surface area (Å²) in [7, 11) is 0. The molecule has 4 aromatic heterocycles. The molecule has 0 saturated carbocycles. The van der Waals surface area contributed by atoms with Crippen LogP contribution >= 0.6 is 0 Å². The highest BCUT2D eigenvalue weighted by Gasteiger charge is 2.23. The van der Waals surface area contributed by atoms with Crippen LogP contribution < -0.4 is 0 Å². The zero-order valence-electron chi connectivity index (χ0n) is 11.6. The predicted octanol–water partition coefficient (Wildman–Crippen LogP) is 5.07. The van der Waals surface area contributed by atoms with Gasteiger partial charge in [-0.2, -0.15) is 0 Å². The Kier molecular flexibility index (Phi) is 3.05. The molecule has 0 aromatic carbocycles. The molecule has 0 amide bonds. The summed E-state index contributed by atoms with van der Waals surface area (Å²) in [5.74, 6) is 2.71. The summed E-state index contributed by atoms with van der Waals surface area (Å²) in [6.07, 6.45) is 6.50. The highest BCUT2D eigenvalue weighted by molar-refractivity contribution is 6.00. The van der Waals surface area contributed by atoms with E-state index in [2.05, 4.69) is 0 Å². The van der Waals surface area contributed by atoms with Gasteiger partial charge in [-0.15, -0.1) is 0 Å². The summed E-state index contributed by atoms with van der Waals surface area (Å²) in [5.41, 5.74) is 1.56. The molecule has 0 aliphatic carbocycles. The Labute approximate surface area is 126 Å². The van der Waals surface area contributed by atoms with Crippen molar-refractivity contribution in [1.82, 2.24) is 0 Å². The van der Waals surface area contributed by atoms with Gasteiger partial charge in [-0.25, -0.2) is 0 Å². The number of rotatable bonds is 4. The van der Waals surface area contributed by atoms with E-state index in [4.69, 9.17) is 17.7 Å². The molecule has 0 atom stereocenters. The van der Waals surface area contributed by atoms with E-state index < -0.39 is 0 Å². The van der Waals surface area contributed by atoms with E-state index >= 15 is 0 Å². The van der Waals surface area contributed by atoms with Crippen LogP contribution in [-0.4, -0.2) is 0 Å². The summed E-state index contributed by atoms with van der Waals surface area (Å²) in [5, 5.41) is 0. The van der Waals surface area contributed by atoms with Crippen molar-refractivity contribution in [3.63, 3.8) is 0 Å². The minimum Gasteiger partial charge on any atom is -0.464 e. The van der Waals surface area contributed by atoms with E-state index in [1.807, 2.05) is 48.5 Å². The topological polar surface area (TPSA) is 52.6 Å². The molecule has 4 aromatic rings. The lowest BCUT2D eigenvalue weighted by atomic mass is 9.99. The molecule has 0 saturated heterocycles.